The Bertz CT molecular complexity index is 750. The van der Waals surface area contributed by atoms with Crippen LogP contribution in [0.15, 0.2) is 36.4 Å². The molecule has 0 saturated carbocycles. The molecule has 0 fully saturated rings. The van der Waals surface area contributed by atoms with Gasteiger partial charge in [-0.2, -0.15) is 0 Å². The Kier molecular flexibility index (Phi) is 3.28. The molecule has 20 heavy (non-hydrogen) atoms. The number of anilines is 2. The first-order chi connectivity index (χ1) is 9.63. The van der Waals surface area contributed by atoms with Gasteiger partial charge >= 0.3 is 0 Å². The van der Waals surface area contributed by atoms with Gasteiger partial charge in [-0.25, -0.2) is 9.97 Å². The van der Waals surface area contributed by atoms with Gasteiger partial charge in [-0.05, 0) is 38.1 Å². The molecule has 0 radical (unpaired) electrons. The first-order valence-corrected chi connectivity index (χ1v) is 7.30. The summed E-state index contributed by atoms with van der Waals surface area (Å²) < 4.78 is 0. The van der Waals surface area contributed by atoms with Crippen molar-refractivity contribution in [2.75, 3.05) is 11.1 Å². The van der Waals surface area contributed by atoms with E-state index in [2.05, 4.69) is 41.3 Å². The molecule has 3 rings (SSSR count). The molecule has 1 atom stereocenters. The van der Waals surface area contributed by atoms with Crippen LogP contribution in [0.2, 0.25) is 0 Å². The van der Waals surface area contributed by atoms with E-state index in [0.717, 1.165) is 11.0 Å². The molecule has 1 aromatic carbocycles. The summed E-state index contributed by atoms with van der Waals surface area (Å²) in [7, 11) is 0. The molecule has 2 aromatic heterocycles. The second-order valence-corrected chi connectivity index (χ2v) is 6.08. The third-order valence-corrected chi connectivity index (χ3v) is 4.32. The quantitative estimate of drug-likeness (QED) is 0.768. The normalized spacial score (nSPS) is 12.5. The van der Waals surface area contributed by atoms with Crippen LogP contribution in [0.3, 0.4) is 0 Å². The van der Waals surface area contributed by atoms with Gasteiger partial charge in [-0.15, -0.1) is 11.3 Å². The number of aromatic nitrogens is 2. The third-order valence-electron chi connectivity index (χ3n) is 3.14. The van der Waals surface area contributed by atoms with Crippen LogP contribution in [0, 0.1) is 6.92 Å². The van der Waals surface area contributed by atoms with Crippen LogP contribution in [0.4, 0.5) is 11.6 Å². The molecule has 0 bridgehead atoms. The van der Waals surface area contributed by atoms with Gasteiger partial charge < -0.3 is 11.1 Å². The van der Waals surface area contributed by atoms with E-state index in [4.69, 9.17) is 5.73 Å². The summed E-state index contributed by atoms with van der Waals surface area (Å²) in [6.45, 7) is 4.20. The molecule has 0 aliphatic carbocycles. The van der Waals surface area contributed by atoms with Crippen LogP contribution in [-0.2, 0) is 0 Å². The van der Waals surface area contributed by atoms with Gasteiger partial charge in [-0.3, -0.25) is 0 Å². The predicted molar refractivity (Wildman–Crippen MR) is 85.0 cm³/mol. The summed E-state index contributed by atoms with van der Waals surface area (Å²) in [5.41, 5.74) is 7.65. The van der Waals surface area contributed by atoms with E-state index in [0.29, 0.717) is 11.6 Å². The summed E-state index contributed by atoms with van der Waals surface area (Å²) in [5.74, 6) is 1.08. The summed E-state index contributed by atoms with van der Waals surface area (Å²) in [5, 5.41) is 3.34. The molecule has 102 valence electrons. The average molecular weight is 284 g/mol. The largest absolute Gasteiger partial charge is 0.381 e. The lowest BCUT2D eigenvalue weighted by Crippen LogP contribution is -2.10. The fraction of sp³-hybridized carbons (Fsp3) is 0.200. The first kappa shape index (κ1) is 12.9. The highest BCUT2D eigenvalue weighted by molar-refractivity contribution is 7.12. The summed E-state index contributed by atoms with van der Waals surface area (Å²) in [4.78, 5) is 11.5. The van der Waals surface area contributed by atoms with Crippen molar-refractivity contribution in [1.82, 2.24) is 9.97 Å². The number of nitrogens with two attached hydrogens (primary N) is 1. The molecule has 3 N–H and O–H groups in total. The Morgan fingerprint density at radius 2 is 1.80 bits per heavy atom. The van der Waals surface area contributed by atoms with E-state index in [9.17, 15) is 0 Å². The molecule has 0 aliphatic rings. The zero-order valence-electron chi connectivity index (χ0n) is 11.4. The minimum absolute atomic E-state index is 0.159. The number of hydrogen-bond acceptors (Lipinski definition) is 5. The fourth-order valence-electron chi connectivity index (χ4n) is 2.08. The molecule has 0 amide bonds. The zero-order valence-corrected chi connectivity index (χ0v) is 12.2. The Hall–Kier alpha value is -2.14. The van der Waals surface area contributed by atoms with Crippen LogP contribution in [0.1, 0.15) is 22.7 Å². The van der Waals surface area contributed by atoms with E-state index in [1.165, 1.54) is 9.75 Å². The third kappa shape index (κ3) is 2.44. The van der Waals surface area contributed by atoms with Crippen LogP contribution < -0.4 is 11.1 Å². The summed E-state index contributed by atoms with van der Waals surface area (Å²) in [6.07, 6.45) is 0. The highest BCUT2D eigenvalue weighted by Gasteiger charge is 2.12. The Morgan fingerprint density at radius 3 is 2.45 bits per heavy atom. The number of fused-ring (bicyclic) bond motifs is 1. The second-order valence-electron chi connectivity index (χ2n) is 4.76. The van der Waals surface area contributed by atoms with Crippen molar-refractivity contribution in [2.45, 2.75) is 19.9 Å². The maximum absolute atomic E-state index is 5.99. The standard InChI is InChI=1S/C15H16N4S/c1-9-7-8-13(20-9)10(2)17-15-14(16)18-11-5-3-4-6-12(11)19-15/h3-8,10H,1-2H3,(H2,16,18)(H,17,19). The minimum Gasteiger partial charge on any atom is -0.381 e. The average Bonchev–Trinajstić information content (AvgIpc) is 2.86. The first-order valence-electron chi connectivity index (χ1n) is 6.48. The van der Waals surface area contributed by atoms with Gasteiger partial charge in [-0.1, -0.05) is 12.1 Å². The lowest BCUT2D eigenvalue weighted by atomic mass is 10.2. The van der Waals surface area contributed by atoms with Crippen molar-refractivity contribution in [1.29, 1.82) is 0 Å². The van der Waals surface area contributed by atoms with Crippen molar-refractivity contribution in [3.05, 3.63) is 46.2 Å². The molecular weight excluding hydrogens is 268 g/mol. The lowest BCUT2D eigenvalue weighted by molar-refractivity contribution is 0.897. The van der Waals surface area contributed by atoms with Crippen LogP contribution in [0.5, 0.6) is 0 Å². The number of hydrogen-bond donors (Lipinski definition) is 2. The van der Waals surface area contributed by atoms with Crippen molar-refractivity contribution >= 4 is 34.0 Å². The van der Waals surface area contributed by atoms with Crippen LogP contribution in [-0.4, -0.2) is 9.97 Å². The van der Waals surface area contributed by atoms with Gasteiger partial charge in [0.2, 0.25) is 0 Å². The smallest absolute Gasteiger partial charge is 0.170 e. The topological polar surface area (TPSA) is 63.8 Å². The fourth-order valence-corrected chi connectivity index (χ4v) is 2.96. The molecule has 1 unspecified atom stereocenters. The molecule has 0 aliphatic heterocycles. The molecular formula is C15H16N4S. The van der Waals surface area contributed by atoms with Gasteiger partial charge in [0.1, 0.15) is 0 Å². The van der Waals surface area contributed by atoms with E-state index in [1.807, 2.05) is 24.3 Å². The Balaban J connectivity index is 1.92. The van der Waals surface area contributed by atoms with E-state index in [-0.39, 0.29) is 6.04 Å². The molecule has 0 saturated heterocycles. The number of benzene rings is 1. The second kappa shape index (κ2) is 5.09. The summed E-state index contributed by atoms with van der Waals surface area (Å²) >= 11 is 1.77. The predicted octanol–water partition coefficient (Wildman–Crippen LogP) is 3.76. The summed E-state index contributed by atoms with van der Waals surface area (Å²) in [6, 6.07) is 12.1. The van der Waals surface area contributed by atoms with Gasteiger partial charge in [0.25, 0.3) is 0 Å². The molecule has 5 heteroatoms. The molecule has 3 aromatic rings. The van der Waals surface area contributed by atoms with Crippen LogP contribution >= 0.6 is 11.3 Å². The monoisotopic (exact) mass is 284 g/mol. The molecule has 0 spiro atoms. The van der Waals surface area contributed by atoms with E-state index in [1.54, 1.807) is 11.3 Å². The van der Waals surface area contributed by atoms with Crippen molar-refractivity contribution in [2.24, 2.45) is 0 Å². The van der Waals surface area contributed by atoms with E-state index < -0.39 is 0 Å². The van der Waals surface area contributed by atoms with Crippen molar-refractivity contribution in [3.8, 4) is 0 Å². The Morgan fingerprint density at radius 1 is 1.10 bits per heavy atom. The number of rotatable bonds is 3. The number of thiophene rings is 1. The van der Waals surface area contributed by atoms with Gasteiger partial charge in [0.05, 0.1) is 17.1 Å². The SMILES string of the molecule is Cc1ccc(C(C)Nc2nc3ccccc3nc2N)s1. The van der Waals surface area contributed by atoms with Gasteiger partial charge in [0, 0.05) is 9.75 Å². The van der Waals surface area contributed by atoms with Crippen LogP contribution in [0.25, 0.3) is 11.0 Å². The van der Waals surface area contributed by atoms with E-state index >= 15 is 0 Å². The molecule has 4 nitrogen and oxygen atoms in total. The van der Waals surface area contributed by atoms with Gasteiger partial charge in [0.15, 0.2) is 11.6 Å². The zero-order chi connectivity index (χ0) is 14.1. The maximum atomic E-state index is 5.99. The highest BCUT2D eigenvalue weighted by atomic mass is 32.1. The number of para-hydroxylation sites is 2. The van der Waals surface area contributed by atoms with Crippen molar-refractivity contribution < 1.29 is 0 Å². The Labute approximate surface area is 121 Å². The lowest BCUT2D eigenvalue weighted by Gasteiger charge is -2.14. The van der Waals surface area contributed by atoms with Crippen molar-refractivity contribution in [3.63, 3.8) is 0 Å². The maximum Gasteiger partial charge on any atom is 0.170 e. The number of nitrogens with zero attached hydrogens (tertiary/aromatic N) is 2. The number of nitrogen functional groups attached to an aromatic ring is 1. The minimum atomic E-state index is 0.159. The number of nitrogens with one attached hydrogen (secondary N) is 1. The highest BCUT2D eigenvalue weighted by Crippen LogP contribution is 2.27. The molecule has 2 heterocycles. The number of aryl methyl sites for hydroxylation is 1.